The molecule has 0 aromatic heterocycles. The largest absolute Gasteiger partial charge is 0.348 e. The second kappa shape index (κ2) is 5.52. The first-order valence-corrected chi connectivity index (χ1v) is 8.15. The van der Waals surface area contributed by atoms with Gasteiger partial charge in [0.15, 0.2) is 0 Å². The average molecular weight is 363 g/mol. The minimum atomic E-state index is -1.16. The highest BCUT2D eigenvalue weighted by atomic mass is 35.5. The Labute approximate surface area is 147 Å². The van der Waals surface area contributed by atoms with Crippen molar-refractivity contribution in [1.29, 1.82) is 0 Å². The van der Waals surface area contributed by atoms with Gasteiger partial charge >= 0.3 is 0 Å². The van der Waals surface area contributed by atoms with E-state index in [0.717, 1.165) is 12.1 Å². The second-order valence-corrected chi connectivity index (χ2v) is 6.72. The molecule has 2 aliphatic rings. The number of rotatable bonds is 1. The van der Waals surface area contributed by atoms with E-state index in [1.54, 1.807) is 18.2 Å². The van der Waals surface area contributed by atoms with Crippen LogP contribution in [0.5, 0.6) is 0 Å². The van der Waals surface area contributed by atoms with E-state index < -0.39 is 23.1 Å². The summed E-state index contributed by atoms with van der Waals surface area (Å²) in [4.78, 5) is 24.9. The quantitative estimate of drug-likeness (QED) is 0.816. The van der Waals surface area contributed by atoms with Crippen molar-refractivity contribution in [3.63, 3.8) is 0 Å². The van der Waals surface area contributed by atoms with Crippen molar-refractivity contribution in [3.8, 4) is 0 Å². The predicted octanol–water partition coefficient (Wildman–Crippen LogP) is 3.46. The zero-order valence-electron chi connectivity index (χ0n) is 12.9. The van der Waals surface area contributed by atoms with Gasteiger partial charge in [0.05, 0.1) is 6.04 Å². The summed E-state index contributed by atoms with van der Waals surface area (Å²) < 4.78 is 27.7. The van der Waals surface area contributed by atoms with Crippen LogP contribution in [0.4, 0.5) is 14.5 Å². The van der Waals surface area contributed by atoms with Crippen LogP contribution >= 0.6 is 11.6 Å². The highest BCUT2D eigenvalue weighted by Crippen LogP contribution is 2.51. The number of carbonyl (C=O) groups excluding carboxylic acids is 2. The average Bonchev–Trinajstić information content (AvgIpc) is 2.82. The minimum Gasteiger partial charge on any atom is -0.348 e. The van der Waals surface area contributed by atoms with Crippen LogP contribution in [0.1, 0.15) is 30.0 Å². The lowest BCUT2D eigenvalue weighted by molar-refractivity contribution is -0.130. The molecule has 2 aliphatic heterocycles. The van der Waals surface area contributed by atoms with E-state index in [-0.39, 0.29) is 30.2 Å². The molecule has 128 valence electrons. The number of carbonyl (C=O) groups is 2. The van der Waals surface area contributed by atoms with Crippen LogP contribution in [-0.4, -0.2) is 11.8 Å². The van der Waals surface area contributed by atoms with Gasteiger partial charge in [0.2, 0.25) is 11.8 Å². The third-order valence-electron chi connectivity index (χ3n) is 4.93. The number of benzene rings is 2. The minimum absolute atomic E-state index is 0.0763. The van der Waals surface area contributed by atoms with Crippen LogP contribution in [0.2, 0.25) is 5.02 Å². The van der Waals surface area contributed by atoms with Crippen molar-refractivity contribution in [2.45, 2.75) is 24.3 Å². The Hall–Kier alpha value is -2.47. The Morgan fingerprint density at radius 1 is 1.12 bits per heavy atom. The highest BCUT2D eigenvalue weighted by Gasteiger charge is 2.55. The first-order valence-electron chi connectivity index (χ1n) is 7.77. The van der Waals surface area contributed by atoms with Crippen LogP contribution in [0.25, 0.3) is 0 Å². The van der Waals surface area contributed by atoms with Crippen molar-refractivity contribution in [3.05, 3.63) is 64.2 Å². The number of anilines is 1. The van der Waals surface area contributed by atoms with E-state index in [0.29, 0.717) is 16.3 Å². The molecule has 1 fully saturated rings. The van der Waals surface area contributed by atoms with Crippen molar-refractivity contribution in [2.24, 2.45) is 0 Å². The number of nitrogens with one attached hydrogen (secondary N) is 2. The number of halogens is 3. The fraction of sp³-hybridized carbons (Fsp3) is 0.222. The molecule has 0 radical (unpaired) electrons. The van der Waals surface area contributed by atoms with Crippen molar-refractivity contribution >= 4 is 29.1 Å². The van der Waals surface area contributed by atoms with Crippen LogP contribution in [0.3, 0.4) is 0 Å². The summed E-state index contributed by atoms with van der Waals surface area (Å²) in [5.74, 6) is -2.14. The summed E-state index contributed by atoms with van der Waals surface area (Å²) in [6.45, 7) is 0. The molecular formula is C18H13ClF2N2O2. The van der Waals surface area contributed by atoms with Gasteiger partial charge in [-0.1, -0.05) is 23.7 Å². The third kappa shape index (κ3) is 2.32. The van der Waals surface area contributed by atoms with Gasteiger partial charge in [-0.2, -0.15) is 0 Å². The van der Waals surface area contributed by atoms with Crippen LogP contribution in [0.15, 0.2) is 36.4 Å². The SMILES string of the molecule is O=C1CC[C@]2(C(=O)Nc3cc(Cl)ccc32)[C@@H](c2ccc(F)cc2F)N1. The lowest BCUT2D eigenvalue weighted by atomic mass is 9.67. The fourth-order valence-corrected chi connectivity index (χ4v) is 3.96. The Kier molecular flexibility index (Phi) is 3.54. The normalized spacial score (nSPS) is 24.8. The zero-order valence-corrected chi connectivity index (χ0v) is 13.7. The van der Waals surface area contributed by atoms with Gasteiger partial charge in [0.1, 0.15) is 17.0 Å². The molecule has 2 N–H and O–H groups in total. The van der Waals surface area contributed by atoms with Gasteiger partial charge in [-0.25, -0.2) is 8.78 Å². The van der Waals surface area contributed by atoms with E-state index >= 15 is 0 Å². The van der Waals surface area contributed by atoms with Crippen LogP contribution in [0, 0.1) is 11.6 Å². The second-order valence-electron chi connectivity index (χ2n) is 6.28. The summed E-state index contributed by atoms with van der Waals surface area (Å²) >= 11 is 5.99. The molecule has 1 saturated heterocycles. The Morgan fingerprint density at radius 2 is 1.92 bits per heavy atom. The third-order valence-corrected chi connectivity index (χ3v) is 5.17. The first-order chi connectivity index (χ1) is 11.9. The Bertz CT molecular complexity index is 918. The molecule has 2 aromatic carbocycles. The molecule has 2 aromatic rings. The van der Waals surface area contributed by atoms with Crippen molar-refractivity contribution in [2.75, 3.05) is 5.32 Å². The van der Waals surface area contributed by atoms with Crippen LogP contribution < -0.4 is 10.6 Å². The summed E-state index contributed by atoms with van der Waals surface area (Å²) in [7, 11) is 0. The van der Waals surface area contributed by atoms with Gasteiger partial charge < -0.3 is 10.6 Å². The lowest BCUT2D eigenvalue weighted by Gasteiger charge is -2.40. The molecule has 2 amide bonds. The first kappa shape index (κ1) is 16.0. The van der Waals surface area contributed by atoms with Gasteiger partial charge in [-0.05, 0) is 30.2 Å². The molecule has 0 unspecified atom stereocenters. The zero-order chi connectivity index (χ0) is 17.8. The van der Waals surface area contributed by atoms with Gasteiger partial charge in [-0.3, -0.25) is 9.59 Å². The van der Waals surface area contributed by atoms with Crippen molar-refractivity contribution < 1.29 is 18.4 Å². The molecule has 25 heavy (non-hydrogen) atoms. The molecule has 2 heterocycles. The number of hydrogen-bond acceptors (Lipinski definition) is 2. The molecule has 2 atom stereocenters. The Balaban J connectivity index is 1.92. The molecular weight excluding hydrogens is 350 g/mol. The van der Waals surface area contributed by atoms with Gasteiger partial charge in [0.25, 0.3) is 0 Å². The predicted molar refractivity (Wildman–Crippen MR) is 88.2 cm³/mol. The molecule has 1 spiro atoms. The maximum atomic E-state index is 14.4. The molecule has 4 rings (SSSR count). The van der Waals surface area contributed by atoms with E-state index in [2.05, 4.69) is 10.6 Å². The molecule has 0 aliphatic carbocycles. The highest BCUT2D eigenvalue weighted by molar-refractivity contribution is 6.31. The number of amides is 2. The lowest BCUT2D eigenvalue weighted by Crippen LogP contribution is -2.52. The topological polar surface area (TPSA) is 58.2 Å². The summed E-state index contributed by atoms with van der Waals surface area (Å²) in [6.07, 6.45) is 0.357. The molecule has 0 bridgehead atoms. The van der Waals surface area contributed by atoms with Crippen molar-refractivity contribution in [1.82, 2.24) is 5.32 Å². The Morgan fingerprint density at radius 3 is 2.68 bits per heavy atom. The molecule has 7 heteroatoms. The standard InChI is InChI=1S/C18H13ClF2N2O2/c19-9-1-4-12-14(7-9)22-17(25)18(12)6-5-15(24)23-16(18)11-3-2-10(20)8-13(11)21/h1-4,7-8,16H,5-6H2,(H,22,25)(H,23,24)/t16-,18-/m1/s1. The molecule has 4 nitrogen and oxygen atoms in total. The van der Waals surface area contributed by atoms with Gasteiger partial charge in [0, 0.05) is 28.8 Å². The van der Waals surface area contributed by atoms with Crippen LogP contribution in [-0.2, 0) is 15.0 Å². The number of fused-ring (bicyclic) bond motifs is 2. The number of piperidine rings is 1. The monoisotopic (exact) mass is 362 g/mol. The fourth-order valence-electron chi connectivity index (χ4n) is 3.79. The van der Waals surface area contributed by atoms with Gasteiger partial charge in [-0.15, -0.1) is 0 Å². The van der Waals surface area contributed by atoms with E-state index in [1.165, 1.54) is 6.07 Å². The number of hydrogen-bond donors (Lipinski definition) is 2. The summed E-state index contributed by atoms with van der Waals surface area (Å²) in [6, 6.07) is 7.18. The van der Waals surface area contributed by atoms with E-state index in [4.69, 9.17) is 11.6 Å². The maximum absolute atomic E-state index is 14.4. The summed E-state index contributed by atoms with van der Waals surface area (Å²) in [5, 5.41) is 5.95. The summed E-state index contributed by atoms with van der Waals surface area (Å²) in [5.41, 5.74) is 0.108. The van der Waals surface area contributed by atoms with E-state index in [9.17, 15) is 18.4 Å². The molecule has 0 saturated carbocycles. The van der Waals surface area contributed by atoms with E-state index in [1.807, 2.05) is 0 Å². The smallest absolute Gasteiger partial charge is 0.237 e. The maximum Gasteiger partial charge on any atom is 0.237 e.